The van der Waals surface area contributed by atoms with Gasteiger partial charge in [0, 0.05) is 17.5 Å². The predicted molar refractivity (Wildman–Crippen MR) is 82.8 cm³/mol. The van der Waals surface area contributed by atoms with Crippen LogP contribution in [0.3, 0.4) is 0 Å². The molecule has 0 spiro atoms. The zero-order valence-corrected chi connectivity index (χ0v) is 12.6. The summed E-state index contributed by atoms with van der Waals surface area (Å²) in [6.45, 7) is 7.15. The van der Waals surface area contributed by atoms with Crippen molar-refractivity contribution in [2.75, 3.05) is 6.54 Å². The van der Waals surface area contributed by atoms with Crippen LogP contribution in [-0.2, 0) is 5.41 Å². The van der Waals surface area contributed by atoms with Gasteiger partial charge in [-0.15, -0.1) is 0 Å². The fourth-order valence-electron chi connectivity index (χ4n) is 3.46. The summed E-state index contributed by atoms with van der Waals surface area (Å²) >= 11 is 0. The summed E-state index contributed by atoms with van der Waals surface area (Å²) in [5, 5.41) is 0. The third-order valence-electron chi connectivity index (χ3n) is 4.73. The number of nitrogens with one attached hydrogen (secondary N) is 1. The van der Waals surface area contributed by atoms with Gasteiger partial charge in [-0.2, -0.15) is 0 Å². The van der Waals surface area contributed by atoms with Crippen LogP contribution in [0.5, 0.6) is 0 Å². The normalized spacial score (nSPS) is 17.0. The molecule has 0 unspecified atom stereocenters. The summed E-state index contributed by atoms with van der Waals surface area (Å²) in [5.41, 5.74) is 12.4. The molecule has 1 aliphatic carbocycles. The molecule has 1 aromatic heterocycles. The summed E-state index contributed by atoms with van der Waals surface area (Å²) in [7, 11) is 0. The highest BCUT2D eigenvalue weighted by molar-refractivity contribution is 5.68. The standard InChI is InChI=1S/C17H23N3/c1-11-7-12(2)15(13(3)8-11)14-9-19-16(20-14)17(10-18)5-4-6-17/h7-9H,4-6,10,18H2,1-3H3,(H,19,20). The van der Waals surface area contributed by atoms with Crippen molar-refractivity contribution in [1.29, 1.82) is 0 Å². The summed E-state index contributed by atoms with van der Waals surface area (Å²) in [6.07, 6.45) is 5.54. The number of aryl methyl sites for hydroxylation is 3. The molecular formula is C17H23N3. The molecule has 2 aromatic rings. The van der Waals surface area contributed by atoms with Crippen molar-refractivity contribution in [2.24, 2.45) is 5.73 Å². The number of benzene rings is 1. The van der Waals surface area contributed by atoms with E-state index in [1.54, 1.807) is 0 Å². The molecule has 3 heteroatoms. The van der Waals surface area contributed by atoms with Crippen molar-refractivity contribution in [3.8, 4) is 11.3 Å². The van der Waals surface area contributed by atoms with Gasteiger partial charge in [0.25, 0.3) is 0 Å². The van der Waals surface area contributed by atoms with Gasteiger partial charge in [0.05, 0.1) is 11.9 Å². The molecular weight excluding hydrogens is 246 g/mol. The van der Waals surface area contributed by atoms with Crippen LogP contribution in [0.1, 0.15) is 41.8 Å². The first-order valence-electron chi connectivity index (χ1n) is 7.39. The highest BCUT2D eigenvalue weighted by atomic mass is 15.0. The van der Waals surface area contributed by atoms with Crippen LogP contribution >= 0.6 is 0 Å². The Morgan fingerprint density at radius 2 is 1.85 bits per heavy atom. The topological polar surface area (TPSA) is 54.7 Å². The smallest absolute Gasteiger partial charge is 0.114 e. The van der Waals surface area contributed by atoms with E-state index in [4.69, 9.17) is 5.73 Å². The quantitative estimate of drug-likeness (QED) is 0.897. The number of H-pyrrole nitrogens is 1. The van der Waals surface area contributed by atoms with Crippen molar-refractivity contribution in [1.82, 2.24) is 9.97 Å². The molecule has 1 saturated carbocycles. The van der Waals surface area contributed by atoms with Crippen LogP contribution < -0.4 is 5.73 Å². The van der Waals surface area contributed by atoms with E-state index in [1.807, 2.05) is 6.20 Å². The Balaban J connectivity index is 2.03. The van der Waals surface area contributed by atoms with E-state index in [0.717, 1.165) is 24.4 Å². The number of hydrogen-bond donors (Lipinski definition) is 2. The number of rotatable bonds is 3. The number of nitrogens with zero attached hydrogens (tertiary/aromatic N) is 1. The molecule has 0 radical (unpaired) electrons. The van der Waals surface area contributed by atoms with Gasteiger partial charge < -0.3 is 10.7 Å². The van der Waals surface area contributed by atoms with Crippen LogP contribution in [0, 0.1) is 20.8 Å². The Kier molecular flexibility index (Phi) is 3.17. The Morgan fingerprint density at radius 3 is 2.35 bits per heavy atom. The van der Waals surface area contributed by atoms with Gasteiger partial charge in [-0.3, -0.25) is 0 Å². The molecule has 106 valence electrons. The molecule has 3 rings (SSSR count). The largest absolute Gasteiger partial charge is 0.341 e. The molecule has 0 atom stereocenters. The molecule has 1 fully saturated rings. The first-order valence-corrected chi connectivity index (χ1v) is 7.39. The number of aromatic nitrogens is 2. The van der Waals surface area contributed by atoms with Crippen LogP contribution in [0.25, 0.3) is 11.3 Å². The molecule has 0 bridgehead atoms. The number of hydrogen-bond acceptors (Lipinski definition) is 2. The molecule has 3 N–H and O–H groups in total. The Labute approximate surface area is 120 Å². The summed E-state index contributed by atoms with van der Waals surface area (Å²) < 4.78 is 0. The average Bonchev–Trinajstić information content (AvgIpc) is 2.76. The average molecular weight is 269 g/mol. The minimum atomic E-state index is 0.102. The van der Waals surface area contributed by atoms with Crippen LogP contribution in [0.2, 0.25) is 0 Å². The molecule has 20 heavy (non-hydrogen) atoms. The van der Waals surface area contributed by atoms with E-state index >= 15 is 0 Å². The molecule has 0 saturated heterocycles. The van der Waals surface area contributed by atoms with E-state index in [0.29, 0.717) is 6.54 Å². The van der Waals surface area contributed by atoms with E-state index in [1.165, 1.54) is 28.7 Å². The van der Waals surface area contributed by atoms with Gasteiger partial charge in [-0.05, 0) is 44.7 Å². The maximum absolute atomic E-state index is 5.97. The van der Waals surface area contributed by atoms with Gasteiger partial charge in [-0.1, -0.05) is 24.1 Å². The Bertz CT molecular complexity index is 607. The lowest BCUT2D eigenvalue weighted by molar-refractivity contribution is 0.240. The minimum Gasteiger partial charge on any atom is -0.341 e. The number of aromatic amines is 1. The Morgan fingerprint density at radius 1 is 1.20 bits per heavy atom. The molecule has 1 aliphatic rings. The van der Waals surface area contributed by atoms with Crippen LogP contribution in [0.15, 0.2) is 18.3 Å². The maximum atomic E-state index is 5.97. The van der Waals surface area contributed by atoms with Crippen LogP contribution in [0.4, 0.5) is 0 Å². The first-order chi connectivity index (χ1) is 9.55. The molecule has 3 nitrogen and oxygen atoms in total. The number of imidazole rings is 1. The van der Waals surface area contributed by atoms with E-state index < -0.39 is 0 Å². The van der Waals surface area contributed by atoms with Gasteiger partial charge in [0.2, 0.25) is 0 Å². The fourth-order valence-corrected chi connectivity index (χ4v) is 3.46. The summed E-state index contributed by atoms with van der Waals surface area (Å²) in [6, 6.07) is 4.45. The third-order valence-corrected chi connectivity index (χ3v) is 4.73. The van der Waals surface area contributed by atoms with Gasteiger partial charge >= 0.3 is 0 Å². The van der Waals surface area contributed by atoms with Crippen molar-refractivity contribution < 1.29 is 0 Å². The van der Waals surface area contributed by atoms with Crippen molar-refractivity contribution in [2.45, 2.75) is 45.4 Å². The third kappa shape index (κ3) is 1.97. The van der Waals surface area contributed by atoms with Crippen molar-refractivity contribution in [3.63, 3.8) is 0 Å². The molecule has 0 aliphatic heterocycles. The van der Waals surface area contributed by atoms with Gasteiger partial charge in [-0.25, -0.2) is 4.98 Å². The second kappa shape index (κ2) is 4.74. The fraction of sp³-hybridized carbons (Fsp3) is 0.471. The molecule has 1 heterocycles. The second-order valence-electron chi connectivity index (χ2n) is 6.26. The SMILES string of the molecule is Cc1cc(C)c(-c2cnc(C3(CN)CCC3)[nH]2)c(C)c1. The van der Waals surface area contributed by atoms with Crippen molar-refractivity contribution in [3.05, 3.63) is 40.8 Å². The monoisotopic (exact) mass is 269 g/mol. The summed E-state index contributed by atoms with van der Waals surface area (Å²) in [5.74, 6) is 1.07. The lowest BCUT2D eigenvalue weighted by atomic mass is 9.68. The second-order valence-corrected chi connectivity index (χ2v) is 6.26. The maximum Gasteiger partial charge on any atom is 0.114 e. The van der Waals surface area contributed by atoms with E-state index in [9.17, 15) is 0 Å². The van der Waals surface area contributed by atoms with E-state index in [-0.39, 0.29) is 5.41 Å². The van der Waals surface area contributed by atoms with Crippen molar-refractivity contribution >= 4 is 0 Å². The first kappa shape index (κ1) is 13.4. The van der Waals surface area contributed by atoms with Gasteiger partial charge in [0.1, 0.15) is 5.82 Å². The van der Waals surface area contributed by atoms with Gasteiger partial charge in [0.15, 0.2) is 0 Å². The highest BCUT2D eigenvalue weighted by Crippen LogP contribution is 2.42. The molecule has 0 amide bonds. The highest BCUT2D eigenvalue weighted by Gasteiger charge is 2.40. The zero-order valence-electron chi connectivity index (χ0n) is 12.6. The zero-order chi connectivity index (χ0) is 14.3. The van der Waals surface area contributed by atoms with E-state index in [2.05, 4.69) is 42.9 Å². The lowest BCUT2D eigenvalue weighted by Gasteiger charge is -2.39. The van der Waals surface area contributed by atoms with Crippen LogP contribution in [-0.4, -0.2) is 16.5 Å². The predicted octanol–water partition coefficient (Wildman–Crippen LogP) is 3.38. The summed E-state index contributed by atoms with van der Waals surface area (Å²) in [4.78, 5) is 8.16. The number of nitrogens with two attached hydrogens (primary N) is 1. The lowest BCUT2D eigenvalue weighted by Crippen LogP contribution is -2.42. The Hall–Kier alpha value is -1.61. The minimum absolute atomic E-state index is 0.102. The molecule has 1 aromatic carbocycles.